The summed E-state index contributed by atoms with van der Waals surface area (Å²) < 4.78 is 0. The molecule has 0 atom stereocenters. The summed E-state index contributed by atoms with van der Waals surface area (Å²) in [7, 11) is 0. The van der Waals surface area contributed by atoms with E-state index < -0.39 is 0 Å². The van der Waals surface area contributed by atoms with Crippen LogP contribution in [0.25, 0.3) is 0 Å². The maximum absolute atomic E-state index is 12.0. The molecule has 3 heterocycles. The van der Waals surface area contributed by atoms with Crippen LogP contribution in [0.5, 0.6) is 0 Å². The number of benzene rings is 1. The zero-order valence-electron chi connectivity index (χ0n) is 15.7. The van der Waals surface area contributed by atoms with Crippen LogP contribution < -0.4 is 15.1 Å². The third kappa shape index (κ3) is 4.38. The number of piperidine rings is 2. The fourth-order valence-corrected chi connectivity index (χ4v) is 3.80. The number of aromatic nitrogens is 2. The molecule has 1 N–H and O–H groups in total. The average molecular weight is 365 g/mol. The van der Waals surface area contributed by atoms with Gasteiger partial charge in [0.2, 0.25) is 5.91 Å². The minimum atomic E-state index is 0.235. The largest absolute Gasteiger partial charge is 0.366 e. The van der Waals surface area contributed by atoms with E-state index in [1.165, 1.54) is 24.8 Å². The molecule has 6 nitrogen and oxygen atoms in total. The van der Waals surface area contributed by atoms with Crippen LogP contribution in [0.2, 0.25) is 0 Å². The Morgan fingerprint density at radius 1 is 0.926 bits per heavy atom. The second kappa shape index (κ2) is 8.37. The maximum Gasteiger partial charge on any atom is 0.226 e. The molecule has 27 heavy (non-hydrogen) atoms. The van der Waals surface area contributed by atoms with E-state index in [2.05, 4.69) is 32.3 Å². The average Bonchev–Trinajstić information content (AvgIpc) is 2.74. The van der Waals surface area contributed by atoms with Crippen LogP contribution >= 0.6 is 0 Å². The second-order valence-electron chi connectivity index (χ2n) is 7.33. The van der Waals surface area contributed by atoms with Crippen molar-refractivity contribution in [3.63, 3.8) is 0 Å². The van der Waals surface area contributed by atoms with Gasteiger partial charge in [0.1, 0.15) is 18.0 Å². The lowest BCUT2D eigenvalue weighted by Gasteiger charge is -2.27. The molecule has 4 rings (SSSR count). The Morgan fingerprint density at radius 2 is 1.70 bits per heavy atom. The highest BCUT2D eigenvalue weighted by Crippen LogP contribution is 2.22. The van der Waals surface area contributed by atoms with Gasteiger partial charge in [-0.2, -0.15) is 0 Å². The fraction of sp³-hybridized carbons (Fsp3) is 0.476. The normalized spacial score (nSPS) is 17.9. The number of rotatable bonds is 5. The molecule has 2 aliphatic heterocycles. The highest BCUT2D eigenvalue weighted by molar-refractivity contribution is 5.93. The topological polar surface area (TPSA) is 61.4 Å². The first kappa shape index (κ1) is 17.8. The second-order valence-corrected chi connectivity index (χ2v) is 7.33. The van der Waals surface area contributed by atoms with Crippen LogP contribution in [0.1, 0.15) is 44.1 Å². The van der Waals surface area contributed by atoms with Crippen molar-refractivity contribution in [3.8, 4) is 0 Å². The van der Waals surface area contributed by atoms with Crippen molar-refractivity contribution in [2.75, 3.05) is 34.8 Å². The van der Waals surface area contributed by atoms with E-state index in [1.54, 1.807) is 6.33 Å². The molecule has 0 bridgehead atoms. The summed E-state index contributed by atoms with van der Waals surface area (Å²) in [5.41, 5.74) is 2.17. The van der Waals surface area contributed by atoms with Gasteiger partial charge in [0, 0.05) is 44.4 Å². The van der Waals surface area contributed by atoms with Crippen molar-refractivity contribution in [2.45, 2.75) is 45.1 Å². The Balaban J connectivity index is 1.36. The van der Waals surface area contributed by atoms with Crippen LogP contribution in [0.15, 0.2) is 36.7 Å². The lowest BCUT2D eigenvalue weighted by Crippen LogP contribution is -2.35. The Morgan fingerprint density at radius 3 is 2.48 bits per heavy atom. The molecule has 1 aromatic carbocycles. The minimum Gasteiger partial charge on any atom is -0.366 e. The van der Waals surface area contributed by atoms with Gasteiger partial charge in [-0.05, 0) is 49.8 Å². The highest BCUT2D eigenvalue weighted by atomic mass is 16.2. The molecule has 2 saturated heterocycles. The van der Waals surface area contributed by atoms with Crippen molar-refractivity contribution in [2.24, 2.45) is 0 Å². The lowest BCUT2D eigenvalue weighted by molar-refractivity contribution is -0.119. The van der Waals surface area contributed by atoms with E-state index in [0.29, 0.717) is 13.0 Å². The first-order valence-electron chi connectivity index (χ1n) is 10.00. The van der Waals surface area contributed by atoms with Gasteiger partial charge >= 0.3 is 0 Å². The third-order valence-electron chi connectivity index (χ3n) is 5.38. The summed E-state index contributed by atoms with van der Waals surface area (Å²) in [6, 6.07) is 10.3. The molecule has 2 aliphatic rings. The molecular formula is C21H27N5O. The van der Waals surface area contributed by atoms with Crippen molar-refractivity contribution < 1.29 is 4.79 Å². The maximum atomic E-state index is 12.0. The number of carbonyl (C=O) groups excluding carboxylic acids is 1. The van der Waals surface area contributed by atoms with Gasteiger partial charge in [-0.25, -0.2) is 9.97 Å². The monoisotopic (exact) mass is 365 g/mol. The first-order valence-corrected chi connectivity index (χ1v) is 10.00. The first-order chi connectivity index (χ1) is 13.3. The van der Waals surface area contributed by atoms with E-state index in [9.17, 15) is 4.79 Å². The summed E-state index contributed by atoms with van der Waals surface area (Å²) >= 11 is 0. The van der Waals surface area contributed by atoms with Gasteiger partial charge in [-0.15, -0.1) is 0 Å². The number of carbonyl (C=O) groups is 1. The molecule has 0 unspecified atom stereocenters. The van der Waals surface area contributed by atoms with Crippen molar-refractivity contribution in [3.05, 3.63) is 42.2 Å². The fourth-order valence-electron chi connectivity index (χ4n) is 3.80. The van der Waals surface area contributed by atoms with Gasteiger partial charge in [0.15, 0.2) is 0 Å². The standard InChI is InChI=1S/C21H27N5O/c27-21-6-2-5-13-26(21)18-9-7-17(8-10-18)15-22-19-14-20(24-16-23-19)25-11-3-1-4-12-25/h7-10,14,16H,1-6,11-13,15H2,(H,22,23,24). The number of anilines is 3. The number of nitrogens with one attached hydrogen (secondary N) is 1. The van der Waals surface area contributed by atoms with E-state index in [-0.39, 0.29) is 5.91 Å². The smallest absolute Gasteiger partial charge is 0.226 e. The molecule has 1 amide bonds. The summed E-state index contributed by atoms with van der Waals surface area (Å²) in [5.74, 6) is 2.09. The van der Waals surface area contributed by atoms with Crippen LogP contribution in [0, 0.1) is 0 Å². The number of amides is 1. The van der Waals surface area contributed by atoms with E-state index in [0.717, 1.165) is 49.8 Å². The summed E-state index contributed by atoms with van der Waals surface area (Å²) in [4.78, 5) is 25.1. The molecule has 6 heteroatoms. The Bertz CT molecular complexity index is 770. The minimum absolute atomic E-state index is 0.235. The number of hydrogen-bond donors (Lipinski definition) is 1. The molecule has 142 valence electrons. The molecule has 0 spiro atoms. The summed E-state index contributed by atoms with van der Waals surface area (Å²) in [6.07, 6.45) is 8.18. The zero-order chi connectivity index (χ0) is 18.5. The number of nitrogens with zero attached hydrogens (tertiary/aromatic N) is 4. The van der Waals surface area contributed by atoms with E-state index in [1.807, 2.05) is 23.1 Å². The van der Waals surface area contributed by atoms with Crippen LogP contribution in [0.3, 0.4) is 0 Å². The third-order valence-corrected chi connectivity index (χ3v) is 5.38. The molecule has 2 aromatic rings. The van der Waals surface area contributed by atoms with Crippen LogP contribution in [0.4, 0.5) is 17.3 Å². The SMILES string of the molecule is O=C1CCCCN1c1ccc(CNc2cc(N3CCCCC3)ncn2)cc1. The molecule has 1 aromatic heterocycles. The van der Waals surface area contributed by atoms with Crippen LogP contribution in [-0.4, -0.2) is 35.5 Å². The van der Waals surface area contributed by atoms with Gasteiger partial charge in [-0.1, -0.05) is 12.1 Å². The number of hydrogen-bond acceptors (Lipinski definition) is 5. The van der Waals surface area contributed by atoms with Crippen molar-refractivity contribution in [1.29, 1.82) is 0 Å². The summed E-state index contributed by atoms with van der Waals surface area (Å²) in [6.45, 7) is 3.68. The van der Waals surface area contributed by atoms with Gasteiger partial charge in [0.25, 0.3) is 0 Å². The highest BCUT2D eigenvalue weighted by Gasteiger charge is 2.19. The Kier molecular flexibility index (Phi) is 5.51. The zero-order valence-corrected chi connectivity index (χ0v) is 15.7. The predicted molar refractivity (Wildman–Crippen MR) is 108 cm³/mol. The van der Waals surface area contributed by atoms with Gasteiger partial charge in [0.05, 0.1) is 0 Å². The predicted octanol–water partition coefficient (Wildman–Crippen LogP) is 3.60. The molecule has 2 fully saturated rings. The lowest BCUT2D eigenvalue weighted by atomic mass is 10.1. The quantitative estimate of drug-likeness (QED) is 0.877. The summed E-state index contributed by atoms with van der Waals surface area (Å²) in [5, 5.41) is 3.39. The molecule has 0 radical (unpaired) electrons. The van der Waals surface area contributed by atoms with E-state index in [4.69, 9.17) is 0 Å². The molecular weight excluding hydrogens is 338 g/mol. The van der Waals surface area contributed by atoms with Crippen molar-refractivity contribution >= 4 is 23.2 Å². The van der Waals surface area contributed by atoms with Gasteiger partial charge in [-0.3, -0.25) is 4.79 Å². The van der Waals surface area contributed by atoms with E-state index >= 15 is 0 Å². The molecule has 0 aliphatic carbocycles. The van der Waals surface area contributed by atoms with Gasteiger partial charge < -0.3 is 15.1 Å². The molecule has 0 saturated carbocycles. The Hall–Kier alpha value is -2.63. The van der Waals surface area contributed by atoms with Crippen LogP contribution in [-0.2, 0) is 11.3 Å². The Labute approximate surface area is 160 Å². The van der Waals surface area contributed by atoms with Crippen molar-refractivity contribution in [1.82, 2.24) is 9.97 Å².